The Balaban J connectivity index is 1.12. The first-order valence-corrected chi connectivity index (χ1v) is 13.0. The summed E-state index contributed by atoms with van der Waals surface area (Å²) >= 11 is 12.2. The summed E-state index contributed by atoms with van der Waals surface area (Å²) in [7, 11) is 1.65. The summed E-state index contributed by atoms with van der Waals surface area (Å²) < 4.78 is 5.22. The molecule has 0 atom stereocenters. The van der Waals surface area contributed by atoms with Gasteiger partial charge in [0.2, 0.25) is 5.91 Å². The molecule has 36 heavy (non-hydrogen) atoms. The van der Waals surface area contributed by atoms with E-state index in [4.69, 9.17) is 27.9 Å². The maximum absolute atomic E-state index is 13.2. The van der Waals surface area contributed by atoms with Gasteiger partial charge in [-0.05, 0) is 67.4 Å². The number of carbonyl (C=O) groups is 1. The van der Waals surface area contributed by atoms with Crippen molar-refractivity contribution in [2.75, 3.05) is 56.2 Å². The normalized spacial score (nSPS) is 16.8. The third-order valence-corrected chi connectivity index (χ3v) is 7.80. The fraction of sp³-hybridized carbons (Fsp3) is 0.370. The van der Waals surface area contributed by atoms with E-state index in [-0.39, 0.29) is 11.8 Å². The first-order chi connectivity index (χ1) is 17.5. The van der Waals surface area contributed by atoms with Gasteiger partial charge in [0.15, 0.2) is 5.82 Å². The molecule has 2 fully saturated rings. The molecule has 9 heteroatoms. The molecular formula is C27H29Cl2N5O2. The number of halogens is 2. The molecule has 0 spiro atoms. The van der Waals surface area contributed by atoms with E-state index >= 15 is 0 Å². The first kappa shape index (κ1) is 24.7. The van der Waals surface area contributed by atoms with Crippen molar-refractivity contribution in [1.82, 2.24) is 15.1 Å². The molecule has 2 aromatic carbocycles. The number of hydrogen-bond acceptors (Lipinski definition) is 6. The molecule has 0 bridgehead atoms. The van der Waals surface area contributed by atoms with E-state index in [0.717, 1.165) is 80.6 Å². The number of piperazine rings is 1. The lowest BCUT2D eigenvalue weighted by Crippen LogP contribution is -2.51. The predicted octanol–water partition coefficient (Wildman–Crippen LogP) is 5.02. The molecule has 0 N–H and O–H groups in total. The van der Waals surface area contributed by atoms with Crippen molar-refractivity contribution >= 4 is 40.6 Å². The van der Waals surface area contributed by atoms with E-state index in [1.54, 1.807) is 7.11 Å². The van der Waals surface area contributed by atoms with Gasteiger partial charge < -0.3 is 19.4 Å². The molecule has 1 amide bonds. The van der Waals surface area contributed by atoms with Crippen LogP contribution in [0.2, 0.25) is 10.0 Å². The van der Waals surface area contributed by atoms with Crippen molar-refractivity contribution in [3.8, 4) is 17.0 Å². The minimum Gasteiger partial charge on any atom is -0.497 e. The summed E-state index contributed by atoms with van der Waals surface area (Å²) in [6, 6.07) is 17.5. The number of nitrogens with zero attached hydrogens (tertiary/aromatic N) is 5. The molecule has 0 saturated carbocycles. The SMILES string of the molecule is COc1ccc(-c2ccc(N3CCC(C(=O)N4CCN(c5ccc(Cl)c(Cl)c5)CC4)CC3)nn2)cc1. The Bertz CT molecular complexity index is 1190. The molecule has 1 aromatic heterocycles. The topological polar surface area (TPSA) is 61.8 Å². The van der Waals surface area contributed by atoms with Crippen molar-refractivity contribution in [2.24, 2.45) is 5.92 Å². The summed E-state index contributed by atoms with van der Waals surface area (Å²) in [4.78, 5) is 19.7. The van der Waals surface area contributed by atoms with Gasteiger partial charge in [0.1, 0.15) is 5.75 Å². The molecule has 2 aliphatic heterocycles. The maximum Gasteiger partial charge on any atom is 0.225 e. The van der Waals surface area contributed by atoms with Crippen molar-refractivity contribution in [3.05, 3.63) is 64.6 Å². The van der Waals surface area contributed by atoms with Gasteiger partial charge in [-0.15, -0.1) is 10.2 Å². The Morgan fingerprint density at radius 1 is 0.833 bits per heavy atom. The number of benzene rings is 2. The lowest BCUT2D eigenvalue weighted by Gasteiger charge is -2.39. The summed E-state index contributed by atoms with van der Waals surface area (Å²) in [5.41, 5.74) is 2.87. The second-order valence-electron chi connectivity index (χ2n) is 9.18. The Hall–Kier alpha value is -3.03. The van der Waals surface area contributed by atoms with Crippen LogP contribution < -0.4 is 14.5 Å². The van der Waals surface area contributed by atoms with E-state index in [2.05, 4.69) is 20.0 Å². The van der Waals surface area contributed by atoms with Crippen molar-refractivity contribution < 1.29 is 9.53 Å². The zero-order valence-corrected chi connectivity index (χ0v) is 21.8. The molecule has 2 aliphatic rings. The fourth-order valence-electron chi connectivity index (χ4n) is 4.89. The number of hydrogen-bond donors (Lipinski definition) is 0. The van der Waals surface area contributed by atoms with Gasteiger partial charge in [-0.25, -0.2) is 0 Å². The Morgan fingerprint density at radius 2 is 1.56 bits per heavy atom. The van der Waals surface area contributed by atoms with Crippen molar-refractivity contribution in [1.29, 1.82) is 0 Å². The Kier molecular flexibility index (Phi) is 7.48. The molecular weight excluding hydrogens is 497 g/mol. The van der Waals surface area contributed by atoms with Crippen LogP contribution in [0.4, 0.5) is 11.5 Å². The van der Waals surface area contributed by atoms with E-state index < -0.39 is 0 Å². The van der Waals surface area contributed by atoms with Crippen LogP contribution in [0.1, 0.15) is 12.8 Å². The molecule has 5 rings (SSSR count). The lowest BCUT2D eigenvalue weighted by molar-refractivity contribution is -0.136. The highest BCUT2D eigenvalue weighted by Gasteiger charge is 2.31. The smallest absolute Gasteiger partial charge is 0.225 e. The zero-order chi connectivity index (χ0) is 25.1. The van der Waals surface area contributed by atoms with Crippen molar-refractivity contribution in [2.45, 2.75) is 12.8 Å². The highest BCUT2D eigenvalue weighted by Crippen LogP contribution is 2.29. The highest BCUT2D eigenvalue weighted by molar-refractivity contribution is 6.42. The molecule has 188 valence electrons. The number of ether oxygens (including phenoxy) is 1. The van der Waals surface area contributed by atoms with Crippen LogP contribution in [0.15, 0.2) is 54.6 Å². The largest absolute Gasteiger partial charge is 0.497 e. The molecule has 2 saturated heterocycles. The van der Waals surface area contributed by atoms with E-state index in [0.29, 0.717) is 10.0 Å². The summed E-state index contributed by atoms with van der Waals surface area (Å²) in [6.45, 7) is 4.62. The second-order valence-corrected chi connectivity index (χ2v) is 9.99. The molecule has 3 aromatic rings. The average Bonchev–Trinajstić information content (AvgIpc) is 2.94. The number of aromatic nitrogens is 2. The number of carbonyl (C=O) groups excluding carboxylic acids is 1. The number of anilines is 2. The third kappa shape index (κ3) is 5.37. The summed E-state index contributed by atoms with van der Waals surface area (Å²) in [5.74, 6) is 2.00. The predicted molar refractivity (Wildman–Crippen MR) is 144 cm³/mol. The summed E-state index contributed by atoms with van der Waals surface area (Å²) in [6.07, 6.45) is 1.65. The van der Waals surface area contributed by atoms with E-state index in [1.807, 2.05) is 59.5 Å². The molecule has 0 aliphatic carbocycles. The lowest BCUT2D eigenvalue weighted by atomic mass is 9.95. The van der Waals surface area contributed by atoms with Crippen LogP contribution in [-0.2, 0) is 4.79 Å². The maximum atomic E-state index is 13.2. The van der Waals surface area contributed by atoms with Crippen molar-refractivity contribution in [3.63, 3.8) is 0 Å². The molecule has 0 radical (unpaired) electrons. The van der Waals surface area contributed by atoms with Crippen LogP contribution in [0, 0.1) is 5.92 Å². The van der Waals surface area contributed by atoms with Crippen LogP contribution in [0.25, 0.3) is 11.3 Å². The minimum absolute atomic E-state index is 0.0595. The van der Waals surface area contributed by atoms with Gasteiger partial charge in [0.05, 0.1) is 22.8 Å². The van der Waals surface area contributed by atoms with Crippen LogP contribution >= 0.6 is 23.2 Å². The van der Waals surface area contributed by atoms with Gasteiger partial charge in [0, 0.05) is 56.4 Å². The van der Waals surface area contributed by atoms with Crippen LogP contribution in [0.5, 0.6) is 5.75 Å². The van der Waals surface area contributed by atoms with Gasteiger partial charge >= 0.3 is 0 Å². The number of piperidine rings is 1. The zero-order valence-electron chi connectivity index (χ0n) is 20.2. The van der Waals surface area contributed by atoms with Gasteiger partial charge in [0.25, 0.3) is 0 Å². The molecule has 3 heterocycles. The van der Waals surface area contributed by atoms with E-state index in [1.165, 1.54) is 0 Å². The first-order valence-electron chi connectivity index (χ1n) is 12.2. The fourth-order valence-corrected chi connectivity index (χ4v) is 5.18. The number of amides is 1. The molecule has 0 unspecified atom stereocenters. The summed E-state index contributed by atoms with van der Waals surface area (Å²) in [5, 5.41) is 9.99. The average molecular weight is 526 g/mol. The van der Waals surface area contributed by atoms with Gasteiger partial charge in [-0.1, -0.05) is 23.2 Å². The second kappa shape index (κ2) is 10.9. The number of methoxy groups -OCH3 is 1. The standard InChI is InChI=1S/C27H29Cl2N5O2/c1-36-22-5-2-19(3-6-22)25-8-9-26(31-30-25)33-12-10-20(11-13-33)27(35)34-16-14-32(15-17-34)21-4-7-23(28)24(29)18-21/h2-9,18,20H,10-17H2,1H3. The monoisotopic (exact) mass is 525 g/mol. The quantitative estimate of drug-likeness (QED) is 0.465. The Morgan fingerprint density at radius 3 is 2.17 bits per heavy atom. The van der Waals surface area contributed by atoms with Gasteiger partial charge in [-0.3, -0.25) is 4.79 Å². The van der Waals surface area contributed by atoms with Crippen LogP contribution in [0.3, 0.4) is 0 Å². The van der Waals surface area contributed by atoms with E-state index in [9.17, 15) is 4.79 Å². The number of rotatable bonds is 5. The molecule has 7 nitrogen and oxygen atoms in total. The highest BCUT2D eigenvalue weighted by atomic mass is 35.5. The Labute approximate surface area is 221 Å². The van der Waals surface area contributed by atoms with Gasteiger partial charge in [-0.2, -0.15) is 0 Å². The third-order valence-electron chi connectivity index (χ3n) is 7.06. The minimum atomic E-state index is 0.0595. The van der Waals surface area contributed by atoms with Crippen LogP contribution in [-0.4, -0.2) is 67.4 Å².